The van der Waals surface area contributed by atoms with Crippen LogP contribution in [0.1, 0.15) is 117 Å². The zero-order chi connectivity index (χ0) is 19.0. The fraction of sp³-hybridized carbons (Fsp3) is 1.00. The van der Waals surface area contributed by atoms with Crippen LogP contribution in [0.2, 0.25) is 0 Å². The van der Waals surface area contributed by atoms with Gasteiger partial charge in [-0.1, -0.05) is 84.5 Å². The SMILES string of the molecule is CCCCCCCCCCCC(O)CCCC(CCCC)S(=O)(=O)[O-].[Na+]. The van der Waals surface area contributed by atoms with E-state index in [0.29, 0.717) is 25.7 Å². The van der Waals surface area contributed by atoms with E-state index < -0.39 is 15.4 Å². The van der Waals surface area contributed by atoms with Crippen LogP contribution in [0.25, 0.3) is 0 Å². The van der Waals surface area contributed by atoms with Crippen molar-refractivity contribution in [3.8, 4) is 0 Å². The molecule has 0 saturated carbocycles. The summed E-state index contributed by atoms with van der Waals surface area (Å²) >= 11 is 0. The molecule has 4 nitrogen and oxygen atoms in total. The number of aliphatic hydroxyl groups is 1. The predicted molar refractivity (Wildman–Crippen MR) is 105 cm³/mol. The van der Waals surface area contributed by atoms with Crippen LogP contribution < -0.4 is 29.6 Å². The molecule has 0 aliphatic rings. The third-order valence-electron chi connectivity index (χ3n) is 4.99. The maximum atomic E-state index is 11.3. The Kier molecular flexibility index (Phi) is 21.5. The molecule has 0 spiro atoms. The summed E-state index contributed by atoms with van der Waals surface area (Å²) in [5.74, 6) is 0. The Bertz CT molecular complexity index is 387. The number of aliphatic hydroxyl groups excluding tert-OH is 1. The van der Waals surface area contributed by atoms with Gasteiger partial charge in [-0.05, 0) is 32.1 Å². The van der Waals surface area contributed by atoms with E-state index in [4.69, 9.17) is 0 Å². The number of hydrogen-bond acceptors (Lipinski definition) is 4. The number of hydrogen-bond donors (Lipinski definition) is 1. The smallest absolute Gasteiger partial charge is 0.748 e. The van der Waals surface area contributed by atoms with E-state index in [1.807, 2.05) is 6.92 Å². The van der Waals surface area contributed by atoms with Gasteiger partial charge in [0, 0.05) is 5.25 Å². The van der Waals surface area contributed by atoms with Crippen LogP contribution in [0, 0.1) is 0 Å². The molecule has 2 unspecified atom stereocenters. The van der Waals surface area contributed by atoms with Crippen molar-refractivity contribution < 1.29 is 47.6 Å². The van der Waals surface area contributed by atoms with Crippen molar-refractivity contribution >= 4 is 10.1 Å². The fourth-order valence-corrected chi connectivity index (χ4v) is 4.19. The minimum absolute atomic E-state index is 0. The van der Waals surface area contributed by atoms with Gasteiger partial charge >= 0.3 is 29.6 Å². The van der Waals surface area contributed by atoms with E-state index in [1.165, 1.54) is 51.4 Å². The van der Waals surface area contributed by atoms with Crippen molar-refractivity contribution in [1.29, 1.82) is 0 Å². The van der Waals surface area contributed by atoms with E-state index in [1.54, 1.807) is 0 Å². The number of unbranched alkanes of at least 4 members (excludes halogenated alkanes) is 9. The Balaban J connectivity index is 0. The third kappa shape index (κ3) is 18.2. The first-order valence-corrected chi connectivity index (χ1v) is 12.0. The van der Waals surface area contributed by atoms with Crippen molar-refractivity contribution in [1.82, 2.24) is 0 Å². The Labute approximate surface area is 185 Å². The molecule has 0 heterocycles. The molecule has 0 saturated heterocycles. The van der Waals surface area contributed by atoms with Crippen LogP contribution in [0.4, 0.5) is 0 Å². The molecule has 0 aromatic heterocycles. The first-order valence-electron chi connectivity index (χ1n) is 10.5. The Morgan fingerprint density at radius 3 is 1.62 bits per heavy atom. The van der Waals surface area contributed by atoms with Gasteiger partial charge in [-0.15, -0.1) is 0 Å². The molecule has 2 atom stereocenters. The van der Waals surface area contributed by atoms with E-state index in [9.17, 15) is 18.1 Å². The molecular formula is C20H41NaO4S. The molecular weight excluding hydrogens is 359 g/mol. The van der Waals surface area contributed by atoms with Gasteiger partial charge in [0.2, 0.25) is 0 Å². The molecule has 0 amide bonds. The largest absolute Gasteiger partial charge is 1.00 e. The molecule has 0 aliphatic heterocycles. The Hall–Kier alpha value is 0.870. The molecule has 1 N–H and O–H groups in total. The van der Waals surface area contributed by atoms with E-state index in [2.05, 4.69) is 6.92 Å². The van der Waals surface area contributed by atoms with Crippen LogP contribution in [-0.4, -0.2) is 29.4 Å². The van der Waals surface area contributed by atoms with Crippen molar-refractivity contribution in [3.05, 3.63) is 0 Å². The van der Waals surface area contributed by atoms with Crippen molar-refractivity contribution in [2.75, 3.05) is 0 Å². The topological polar surface area (TPSA) is 77.4 Å². The Morgan fingerprint density at radius 1 is 0.692 bits per heavy atom. The van der Waals surface area contributed by atoms with Crippen LogP contribution in [0.5, 0.6) is 0 Å². The quantitative estimate of drug-likeness (QED) is 0.218. The molecule has 6 heteroatoms. The summed E-state index contributed by atoms with van der Waals surface area (Å²) < 4.78 is 33.8. The van der Waals surface area contributed by atoms with Crippen molar-refractivity contribution in [2.24, 2.45) is 0 Å². The molecule has 152 valence electrons. The molecule has 0 aromatic carbocycles. The zero-order valence-corrected chi connectivity index (χ0v) is 20.4. The van der Waals surface area contributed by atoms with Crippen molar-refractivity contribution in [2.45, 2.75) is 128 Å². The molecule has 0 rings (SSSR count). The zero-order valence-electron chi connectivity index (χ0n) is 17.5. The molecule has 0 aromatic rings. The van der Waals surface area contributed by atoms with E-state index >= 15 is 0 Å². The minimum Gasteiger partial charge on any atom is -0.748 e. The van der Waals surface area contributed by atoms with Gasteiger partial charge in [-0.2, -0.15) is 0 Å². The maximum absolute atomic E-state index is 11.3. The average Bonchev–Trinajstić information content (AvgIpc) is 2.55. The van der Waals surface area contributed by atoms with Crippen LogP contribution >= 0.6 is 0 Å². The second-order valence-electron chi connectivity index (χ2n) is 7.46. The van der Waals surface area contributed by atoms with Gasteiger partial charge in [0.25, 0.3) is 0 Å². The predicted octanol–water partition coefficient (Wildman–Crippen LogP) is 2.55. The van der Waals surface area contributed by atoms with Crippen LogP contribution in [0.15, 0.2) is 0 Å². The summed E-state index contributed by atoms with van der Waals surface area (Å²) in [6.07, 6.45) is 15.6. The molecule has 26 heavy (non-hydrogen) atoms. The Morgan fingerprint density at radius 2 is 1.12 bits per heavy atom. The van der Waals surface area contributed by atoms with Crippen molar-refractivity contribution in [3.63, 3.8) is 0 Å². The fourth-order valence-electron chi connectivity index (χ4n) is 3.28. The summed E-state index contributed by atoms with van der Waals surface area (Å²) in [5.41, 5.74) is 0. The first-order chi connectivity index (χ1) is 11.9. The van der Waals surface area contributed by atoms with Gasteiger partial charge < -0.3 is 9.66 Å². The van der Waals surface area contributed by atoms with E-state index in [-0.39, 0.29) is 35.7 Å². The van der Waals surface area contributed by atoms with Crippen LogP contribution in [0.3, 0.4) is 0 Å². The second kappa shape index (κ2) is 19.2. The van der Waals surface area contributed by atoms with Gasteiger partial charge in [0.05, 0.1) is 16.2 Å². The summed E-state index contributed by atoms with van der Waals surface area (Å²) in [5, 5.41) is 9.24. The van der Waals surface area contributed by atoms with E-state index in [0.717, 1.165) is 25.7 Å². The molecule has 0 radical (unpaired) electrons. The molecule has 0 aliphatic carbocycles. The van der Waals surface area contributed by atoms with Crippen LogP contribution in [-0.2, 0) is 10.1 Å². The van der Waals surface area contributed by atoms with Gasteiger partial charge in [-0.3, -0.25) is 0 Å². The summed E-state index contributed by atoms with van der Waals surface area (Å²) in [6.45, 7) is 4.22. The average molecular weight is 401 g/mol. The first kappa shape index (κ1) is 29.1. The standard InChI is InChI=1S/C20H42O4S.Na/c1-3-5-7-8-9-10-11-12-13-15-19(21)16-14-18-20(17-6-4-2)25(22,23)24;/h19-21H,3-18H2,1-2H3,(H,22,23,24);/q;+1/p-1. The van der Waals surface area contributed by atoms with Gasteiger partial charge in [-0.25, -0.2) is 8.42 Å². The summed E-state index contributed by atoms with van der Waals surface area (Å²) in [6, 6.07) is 0. The molecule has 0 fully saturated rings. The third-order valence-corrected chi connectivity index (χ3v) is 6.28. The summed E-state index contributed by atoms with van der Waals surface area (Å²) in [7, 11) is -4.20. The van der Waals surface area contributed by atoms with Gasteiger partial charge in [0.15, 0.2) is 0 Å². The normalized spacial score (nSPS) is 14.0. The summed E-state index contributed by atoms with van der Waals surface area (Å²) in [4.78, 5) is 0. The number of rotatable bonds is 18. The molecule has 0 bridgehead atoms. The van der Waals surface area contributed by atoms with Gasteiger partial charge in [0.1, 0.15) is 0 Å². The maximum Gasteiger partial charge on any atom is 1.00 e. The minimum atomic E-state index is -4.20. The second-order valence-corrected chi connectivity index (χ2v) is 9.11. The monoisotopic (exact) mass is 400 g/mol.